The lowest BCUT2D eigenvalue weighted by Crippen LogP contribution is -2.44. The van der Waals surface area contributed by atoms with Crippen molar-refractivity contribution in [3.63, 3.8) is 0 Å². The number of carbonyl (C=O) groups excluding carboxylic acids is 2. The van der Waals surface area contributed by atoms with Gasteiger partial charge in [0, 0.05) is 19.7 Å². The molecule has 0 spiro atoms. The summed E-state index contributed by atoms with van der Waals surface area (Å²) in [5.41, 5.74) is 0. The molecule has 0 saturated carbocycles. The van der Waals surface area contributed by atoms with Crippen molar-refractivity contribution in [3.05, 3.63) is 0 Å². The highest BCUT2D eigenvalue weighted by atomic mass is 16.3. The number of hydrogen-bond donors (Lipinski definition) is 3. The van der Waals surface area contributed by atoms with E-state index in [1.807, 2.05) is 18.7 Å². The molecule has 0 rings (SSSR count). The van der Waals surface area contributed by atoms with Crippen LogP contribution in [-0.2, 0) is 4.79 Å². The Morgan fingerprint density at radius 1 is 1.29 bits per heavy atom. The van der Waals surface area contributed by atoms with E-state index in [1.165, 1.54) is 0 Å². The van der Waals surface area contributed by atoms with Gasteiger partial charge in [-0.2, -0.15) is 0 Å². The summed E-state index contributed by atoms with van der Waals surface area (Å²) in [5.74, 6) is -0.321. The van der Waals surface area contributed by atoms with Crippen LogP contribution in [0.4, 0.5) is 4.79 Å². The molecule has 0 heterocycles. The SMILES string of the molecule is CCCNC(=O)NC(=O)CN(CC)CCCO. The maximum Gasteiger partial charge on any atom is 0.321 e. The Morgan fingerprint density at radius 2 is 2.00 bits per heavy atom. The van der Waals surface area contributed by atoms with E-state index in [4.69, 9.17) is 5.11 Å². The Balaban J connectivity index is 3.85. The molecule has 0 aliphatic heterocycles. The monoisotopic (exact) mass is 245 g/mol. The molecule has 0 atom stereocenters. The zero-order chi connectivity index (χ0) is 13.1. The van der Waals surface area contributed by atoms with Gasteiger partial charge in [0.25, 0.3) is 0 Å². The summed E-state index contributed by atoms with van der Waals surface area (Å²) in [5, 5.41) is 13.5. The third-order valence-corrected chi connectivity index (χ3v) is 2.24. The first-order chi connectivity index (χ1) is 8.13. The second-order valence-corrected chi connectivity index (χ2v) is 3.75. The Morgan fingerprint density at radius 3 is 2.53 bits per heavy atom. The van der Waals surface area contributed by atoms with E-state index in [1.54, 1.807) is 0 Å². The maximum atomic E-state index is 11.5. The maximum absolute atomic E-state index is 11.5. The summed E-state index contributed by atoms with van der Waals surface area (Å²) in [7, 11) is 0. The van der Waals surface area contributed by atoms with E-state index >= 15 is 0 Å². The average molecular weight is 245 g/mol. The molecule has 0 fully saturated rings. The van der Waals surface area contributed by atoms with Crippen LogP contribution in [0.2, 0.25) is 0 Å². The third-order valence-electron chi connectivity index (χ3n) is 2.24. The van der Waals surface area contributed by atoms with E-state index < -0.39 is 6.03 Å². The topological polar surface area (TPSA) is 81.7 Å². The van der Waals surface area contributed by atoms with Gasteiger partial charge in [0.05, 0.1) is 6.54 Å². The summed E-state index contributed by atoms with van der Waals surface area (Å²) >= 11 is 0. The van der Waals surface area contributed by atoms with E-state index in [-0.39, 0.29) is 19.1 Å². The fraction of sp³-hybridized carbons (Fsp3) is 0.818. The molecule has 0 aromatic rings. The van der Waals surface area contributed by atoms with Crippen molar-refractivity contribution in [1.29, 1.82) is 0 Å². The Kier molecular flexibility index (Phi) is 9.37. The Bertz CT molecular complexity index is 234. The molecule has 0 unspecified atom stereocenters. The number of nitrogens with zero attached hydrogens (tertiary/aromatic N) is 1. The molecule has 0 aromatic carbocycles. The van der Waals surface area contributed by atoms with Gasteiger partial charge in [0.15, 0.2) is 0 Å². The minimum absolute atomic E-state index is 0.106. The first-order valence-corrected chi connectivity index (χ1v) is 6.04. The minimum Gasteiger partial charge on any atom is -0.396 e. The highest BCUT2D eigenvalue weighted by Crippen LogP contribution is 1.90. The molecule has 0 aromatic heterocycles. The van der Waals surface area contributed by atoms with Crippen LogP contribution in [0.25, 0.3) is 0 Å². The Labute approximate surface area is 102 Å². The highest BCUT2D eigenvalue weighted by Gasteiger charge is 2.11. The van der Waals surface area contributed by atoms with Crippen LogP contribution in [0.5, 0.6) is 0 Å². The van der Waals surface area contributed by atoms with Gasteiger partial charge in [0.1, 0.15) is 0 Å². The third kappa shape index (κ3) is 8.65. The number of likely N-dealkylation sites (N-methyl/N-ethyl adjacent to an activating group) is 1. The zero-order valence-corrected chi connectivity index (χ0v) is 10.7. The van der Waals surface area contributed by atoms with Crippen LogP contribution in [0, 0.1) is 0 Å². The number of nitrogens with one attached hydrogen (secondary N) is 2. The number of amides is 3. The van der Waals surface area contributed by atoms with Crippen molar-refractivity contribution in [2.24, 2.45) is 0 Å². The summed E-state index contributed by atoms with van der Waals surface area (Å²) < 4.78 is 0. The molecule has 0 saturated heterocycles. The predicted molar refractivity (Wildman–Crippen MR) is 65.6 cm³/mol. The van der Waals surface area contributed by atoms with Crippen LogP contribution >= 0.6 is 0 Å². The summed E-state index contributed by atoms with van der Waals surface area (Å²) in [6, 6.07) is -0.449. The van der Waals surface area contributed by atoms with Crippen LogP contribution in [0.3, 0.4) is 0 Å². The van der Waals surface area contributed by atoms with Gasteiger partial charge in [-0.1, -0.05) is 13.8 Å². The van der Waals surface area contributed by atoms with Crippen molar-refractivity contribution in [1.82, 2.24) is 15.5 Å². The Hall–Kier alpha value is -1.14. The lowest BCUT2D eigenvalue weighted by atomic mass is 10.3. The number of imide groups is 1. The normalized spacial score (nSPS) is 10.4. The predicted octanol–water partition coefficient (Wildman–Crippen LogP) is -0.0735. The first kappa shape index (κ1) is 15.9. The lowest BCUT2D eigenvalue weighted by molar-refractivity contribution is -0.121. The molecule has 6 nitrogen and oxygen atoms in total. The first-order valence-electron chi connectivity index (χ1n) is 6.04. The summed E-state index contributed by atoms with van der Waals surface area (Å²) in [4.78, 5) is 24.5. The van der Waals surface area contributed by atoms with Crippen LogP contribution in [0.1, 0.15) is 26.7 Å². The molecular formula is C11H23N3O3. The van der Waals surface area contributed by atoms with Crippen LogP contribution in [0.15, 0.2) is 0 Å². The smallest absolute Gasteiger partial charge is 0.321 e. The summed E-state index contributed by atoms with van der Waals surface area (Å²) in [6.07, 6.45) is 1.46. The van der Waals surface area contributed by atoms with Gasteiger partial charge in [-0.05, 0) is 19.4 Å². The van der Waals surface area contributed by atoms with Gasteiger partial charge in [-0.15, -0.1) is 0 Å². The van der Waals surface area contributed by atoms with Gasteiger partial charge in [-0.25, -0.2) is 4.79 Å². The fourth-order valence-corrected chi connectivity index (χ4v) is 1.30. The number of aliphatic hydroxyl groups is 1. The quantitative estimate of drug-likeness (QED) is 0.559. The molecule has 100 valence electrons. The lowest BCUT2D eigenvalue weighted by Gasteiger charge is -2.18. The second-order valence-electron chi connectivity index (χ2n) is 3.75. The largest absolute Gasteiger partial charge is 0.396 e. The molecular weight excluding hydrogens is 222 g/mol. The van der Waals surface area contributed by atoms with E-state index in [0.717, 1.165) is 6.42 Å². The van der Waals surface area contributed by atoms with Gasteiger partial charge < -0.3 is 10.4 Å². The van der Waals surface area contributed by atoms with E-state index in [9.17, 15) is 9.59 Å². The van der Waals surface area contributed by atoms with Crippen LogP contribution in [-0.4, -0.2) is 54.7 Å². The highest BCUT2D eigenvalue weighted by molar-refractivity contribution is 5.95. The number of urea groups is 1. The van der Waals surface area contributed by atoms with Crippen molar-refractivity contribution in [3.8, 4) is 0 Å². The molecule has 3 N–H and O–H groups in total. The second kappa shape index (κ2) is 10.0. The molecule has 3 amide bonds. The van der Waals surface area contributed by atoms with Crippen molar-refractivity contribution >= 4 is 11.9 Å². The summed E-state index contributed by atoms with van der Waals surface area (Å²) in [6.45, 7) is 6.07. The van der Waals surface area contributed by atoms with Gasteiger partial charge >= 0.3 is 6.03 Å². The van der Waals surface area contributed by atoms with Gasteiger partial charge in [-0.3, -0.25) is 15.0 Å². The van der Waals surface area contributed by atoms with Crippen LogP contribution < -0.4 is 10.6 Å². The minimum atomic E-state index is -0.449. The molecule has 0 aliphatic carbocycles. The number of hydrogen-bond acceptors (Lipinski definition) is 4. The van der Waals surface area contributed by atoms with Crippen molar-refractivity contribution < 1.29 is 14.7 Å². The average Bonchev–Trinajstić information content (AvgIpc) is 2.31. The number of aliphatic hydroxyl groups excluding tert-OH is 1. The van der Waals surface area contributed by atoms with Crippen molar-refractivity contribution in [2.45, 2.75) is 26.7 Å². The molecule has 6 heteroatoms. The number of rotatable bonds is 8. The molecule has 0 radical (unpaired) electrons. The van der Waals surface area contributed by atoms with E-state index in [0.29, 0.717) is 26.1 Å². The molecule has 17 heavy (non-hydrogen) atoms. The molecule has 0 aliphatic rings. The fourth-order valence-electron chi connectivity index (χ4n) is 1.30. The zero-order valence-electron chi connectivity index (χ0n) is 10.7. The van der Waals surface area contributed by atoms with Gasteiger partial charge in [0.2, 0.25) is 5.91 Å². The molecule has 0 bridgehead atoms. The van der Waals surface area contributed by atoms with E-state index in [2.05, 4.69) is 10.6 Å². The number of carbonyl (C=O) groups is 2. The van der Waals surface area contributed by atoms with Crippen molar-refractivity contribution in [2.75, 3.05) is 32.8 Å². The standard InChI is InChI=1S/C11H23N3O3/c1-3-6-12-11(17)13-10(16)9-14(4-2)7-5-8-15/h15H,3-9H2,1-2H3,(H2,12,13,16,17).